The van der Waals surface area contributed by atoms with E-state index in [9.17, 15) is 0 Å². The summed E-state index contributed by atoms with van der Waals surface area (Å²) in [6.07, 6.45) is 6.74. The zero-order valence-electron chi connectivity index (χ0n) is 14.5. The number of likely N-dealkylation sites (tertiary alicyclic amines) is 1. The van der Waals surface area contributed by atoms with Gasteiger partial charge in [0.2, 0.25) is 0 Å². The average molecular weight is 344 g/mol. The van der Waals surface area contributed by atoms with Gasteiger partial charge in [-0.3, -0.25) is 4.90 Å². The second-order valence-corrected chi connectivity index (χ2v) is 8.08. The van der Waals surface area contributed by atoms with Crippen molar-refractivity contribution in [3.63, 3.8) is 0 Å². The Bertz CT molecular complexity index is 688. The first-order valence-corrected chi connectivity index (χ1v) is 9.77. The quantitative estimate of drug-likeness (QED) is 0.834. The van der Waals surface area contributed by atoms with Crippen molar-refractivity contribution >= 4 is 17.2 Å². The highest BCUT2D eigenvalue weighted by molar-refractivity contribution is 7.09. The van der Waals surface area contributed by atoms with E-state index in [0.717, 1.165) is 31.1 Å². The summed E-state index contributed by atoms with van der Waals surface area (Å²) < 4.78 is 0. The Morgan fingerprint density at radius 1 is 1.12 bits per heavy atom. The molecule has 2 aliphatic rings. The van der Waals surface area contributed by atoms with Crippen LogP contribution in [0.15, 0.2) is 17.8 Å². The van der Waals surface area contributed by atoms with Gasteiger partial charge in [-0.25, -0.2) is 15.0 Å². The lowest BCUT2D eigenvalue weighted by atomic mass is 10.0. The van der Waals surface area contributed by atoms with Crippen LogP contribution in [0.25, 0.3) is 0 Å². The van der Waals surface area contributed by atoms with Crippen LogP contribution in [0.2, 0.25) is 0 Å². The third-order valence-electron chi connectivity index (χ3n) is 5.00. The number of thiazole rings is 1. The molecule has 0 aromatic carbocycles. The molecular formula is C18H25N5S. The Labute approximate surface area is 147 Å². The minimum atomic E-state index is 0.611. The van der Waals surface area contributed by atoms with Gasteiger partial charge in [0.05, 0.1) is 10.7 Å². The number of aryl methyl sites for hydroxylation is 2. The topological polar surface area (TPSA) is 45.2 Å². The maximum absolute atomic E-state index is 4.60. The summed E-state index contributed by atoms with van der Waals surface area (Å²) in [6.45, 7) is 7.42. The molecule has 1 saturated heterocycles. The molecule has 0 atom stereocenters. The third-order valence-corrected chi connectivity index (χ3v) is 5.82. The predicted octanol–water partition coefficient (Wildman–Crippen LogP) is 3.18. The molecule has 128 valence electrons. The van der Waals surface area contributed by atoms with Crippen molar-refractivity contribution in [2.45, 2.75) is 58.2 Å². The standard InChI is InChI=1S/C18H25N5S/c1-13-9-18(20-12-19-13)23(16-3-4-16)17-5-7-22(8-6-17)10-15-11-24-14(2)21-15/h9,11-12,16-17H,3-8,10H2,1-2H3. The van der Waals surface area contributed by atoms with Gasteiger partial charge in [0, 0.05) is 48.9 Å². The lowest BCUT2D eigenvalue weighted by Crippen LogP contribution is -2.46. The molecule has 5 nitrogen and oxygen atoms in total. The van der Waals surface area contributed by atoms with Crippen LogP contribution < -0.4 is 4.90 Å². The van der Waals surface area contributed by atoms with Crippen LogP contribution >= 0.6 is 11.3 Å². The van der Waals surface area contributed by atoms with Crippen LogP contribution in [0.1, 0.15) is 42.1 Å². The monoisotopic (exact) mass is 343 g/mol. The molecule has 0 radical (unpaired) electrons. The maximum Gasteiger partial charge on any atom is 0.132 e. The van der Waals surface area contributed by atoms with E-state index < -0.39 is 0 Å². The van der Waals surface area contributed by atoms with Crippen molar-refractivity contribution < 1.29 is 0 Å². The number of aromatic nitrogens is 3. The van der Waals surface area contributed by atoms with Gasteiger partial charge in [-0.15, -0.1) is 11.3 Å². The molecule has 6 heteroatoms. The van der Waals surface area contributed by atoms with Gasteiger partial charge in [-0.05, 0) is 39.5 Å². The van der Waals surface area contributed by atoms with Crippen molar-refractivity contribution in [1.82, 2.24) is 19.9 Å². The molecule has 0 spiro atoms. The maximum atomic E-state index is 4.60. The molecule has 4 rings (SSSR count). The van der Waals surface area contributed by atoms with Crippen LogP contribution in [0.3, 0.4) is 0 Å². The summed E-state index contributed by atoms with van der Waals surface area (Å²) in [7, 11) is 0. The first-order valence-electron chi connectivity index (χ1n) is 8.89. The fraction of sp³-hybridized carbons (Fsp3) is 0.611. The summed E-state index contributed by atoms with van der Waals surface area (Å²) in [5.74, 6) is 1.12. The van der Waals surface area contributed by atoms with E-state index >= 15 is 0 Å². The second kappa shape index (κ2) is 6.76. The minimum absolute atomic E-state index is 0.611. The zero-order valence-corrected chi connectivity index (χ0v) is 15.3. The smallest absolute Gasteiger partial charge is 0.132 e. The Hall–Kier alpha value is -1.53. The van der Waals surface area contributed by atoms with Gasteiger partial charge in [-0.1, -0.05) is 0 Å². The summed E-state index contributed by atoms with van der Waals surface area (Å²) in [5.41, 5.74) is 2.28. The second-order valence-electron chi connectivity index (χ2n) is 7.02. The summed E-state index contributed by atoms with van der Waals surface area (Å²) in [6, 6.07) is 3.44. The number of anilines is 1. The summed E-state index contributed by atoms with van der Waals surface area (Å²) >= 11 is 1.75. The molecule has 1 aliphatic heterocycles. The van der Waals surface area contributed by atoms with Gasteiger partial charge in [0.1, 0.15) is 12.1 Å². The van der Waals surface area contributed by atoms with Crippen LogP contribution in [-0.2, 0) is 6.54 Å². The van der Waals surface area contributed by atoms with Gasteiger partial charge >= 0.3 is 0 Å². The van der Waals surface area contributed by atoms with Gasteiger partial charge in [0.15, 0.2) is 0 Å². The van der Waals surface area contributed by atoms with E-state index in [2.05, 4.69) is 50.0 Å². The highest BCUT2D eigenvalue weighted by atomic mass is 32.1. The predicted molar refractivity (Wildman–Crippen MR) is 97.4 cm³/mol. The van der Waals surface area contributed by atoms with Crippen LogP contribution in [-0.4, -0.2) is 45.0 Å². The number of piperidine rings is 1. The van der Waals surface area contributed by atoms with Gasteiger partial charge in [0.25, 0.3) is 0 Å². The molecule has 0 N–H and O–H groups in total. The van der Waals surface area contributed by atoms with Crippen molar-refractivity contribution in [2.75, 3.05) is 18.0 Å². The lowest BCUT2D eigenvalue weighted by Gasteiger charge is -2.39. The number of hydrogen-bond acceptors (Lipinski definition) is 6. The molecule has 3 heterocycles. The van der Waals surface area contributed by atoms with Gasteiger partial charge in [-0.2, -0.15) is 0 Å². The average Bonchev–Trinajstić information content (AvgIpc) is 3.32. The molecule has 2 fully saturated rings. The highest BCUT2D eigenvalue weighted by Gasteiger charge is 2.36. The van der Waals surface area contributed by atoms with Crippen molar-refractivity contribution in [3.8, 4) is 0 Å². The number of hydrogen-bond donors (Lipinski definition) is 0. The van der Waals surface area contributed by atoms with Crippen LogP contribution in [0, 0.1) is 13.8 Å². The van der Waals surface area contributed by atoms with Crippen molar-refractivity contribution in [1.29, 1.82) is 0 Å². The summed E-state index contributed by atoms with van der Waals surface area (Å²) in [4.78, 5) is 18.5. The zero-order chi connectivity index (χ0) is 16.5. The first-order chi connectivity index (χ1) is 11.7. The molecule has 0 bridgehead atoms. The van der Waals surface area contributed by atoms with Crippen molar-refractivity contribution in [3.05, 3.63) is 34.2 Å². The number of nitrogens with zero attached hydrogens (tertiary/aromatic N) is 5. The van der Waals surface area contributed by atoms with E-state index in [0.29, 0.717) is 12.1 Å². The molecule has 2 aromatic heterocycles. The van der Waals surface area contributed by atoms with E-state index in [-0.39, 0.29) is 0 Å². The molecule has 0 unspecified atom stereocenters. The molecule has 24 heavy (non-hydrogen) atoms. The van der Waals surface area contributed by atoms with E-state index in [1.807, 2.05) is 0 Å². The largest absolute Gasteiger partial charge is 0.350 e. The molecule has 0 amide bonds. The minimum Gasteiger partial charge on any atom is -0.350 e. The summed E-state index contributed by atoms with van der Waals surface area (Å²) in [5, 5.41) is 3.36. The number of rotatable bonds is 5. The van der Waals surface area contributed by atoms with Gasteiger partial charge < -0.3 is 4.90 Å². The highest BCUT2D eigenvalue weighted by Crippen LogP contribution is 2.35. The van der Waals surface area contributed by atoms with E-state index in [1.165, 1.54) is 36.4 Å². The first kappa shape index (κ1) is 16.0. The molecular weight excluding hydrogens is 318 g/mol. The van der Waals surface area contributed by atoms with Crippen LogP contribution in [0.4, 0.5) is 5.82 Å². The Kier molecular flexibility index (Phi) is 4.50. The molecule has 1 aliphatic carbocycles. The lowest BCUT2D eigenvalue weighted by molar-refractivity contribution is 0.198. The van der Waals surface area contributed by atoms with E-state index in [4.69, 9.17) is 0 Å². The Morgan fingerprint density at radius 2 is 1.88 bits per heavy atom. The fourth-order valence-corrected chi connectivity index (χ4v) is 4.28. The normalized spacial score (nSPS) is 19.6. The SMILES string of the molecule is Cc1cc(N(C2CC2)C2CCN(Cc3csc(C)n3)CC2)ncn1. The third kappa shape index (κ3) is 3.59. The molecule has 1 saturated carbocycles. The Morgan fingerprint density at radius 3 is 2.50 bits per heavy atom. The van der Waals surface area contributed by atoms with E-state index in [1.54, 1.807) is 17.7 Å². The fourth-order valence-electron chi connectivity index (χ4n) is 3.67. The Balaban J connectivity index is 1.40. The molecule has 2 aromatic rings. The van der Waals surface area contributed by atoms with Crippen LogP contribution in [0.5, 0.6) is 0 Å². The van der Waals surface area contributed by atoms with Crippen molar-refractivity contribution in [2.24, 2.45) is 0 Å².